The number of hydrogen-bond donors (Lipinski definition) is 1. The van der Waals surface area contributed by atoms with Gasteiger partial charge in [-0.05, 0) is 38.5 Å². The maximum atomic E-state index is 4.27. The van der Waals surface area contributed by atoms with Crippen molar-refractivity contribution in [3.8, 4) is 0 Å². The van der Waals surface area contributed by atoms with Crippen molar-refractivity contribution in [2.24, 2.45) is 0 Å². The van der Waals surface area contributed by atoms with E-state index in [0.29, 0.717) is 6.04 Å². The molecule has 1 rings (SSSR count). The third kappa shape index (κ3) is 3.81. The average Bonchev–Trinajstić information content (AvgIpc) is 2.71. The van der Waals surface area contributed by atoms with Crippen LogP contribution in [-0.2, 0) is 6.54 Å². The first kappa shape index (κ1) is 13.0. The van der Waals surface area contributed by atoms with Gasteiger partial charge in [0.15, 0.2) is 0 Å². The Bertz CT molecular complexity index is 337. The molecule has 1 heterocycles. The summed E-state index contributed by atoms with van der Waals surface area (Å²) in [6, 6.07) is 2.64. The van der Waals surface area contributed by atoms with Gasteiger partial charge in [0.2, 0.25) is 0 Å². The van der Waals surface area contributed by atoms with Gasteiger partial charge >= 0.3 is 0 Å². The van der Waals surface area contributed by atoms with Crippen molar-refractivity contribution >= 4 is 5.57 Å². The van der Waals surface area contributed by atoms with E-state index < -0.39 is 0 Å². The lowest BCUT2D eigenvalue weighted by Gasteiger charge is -2.07. The Morgan fingerprint density at radius 2 is 2.31 bits per heavy atom. The molecule has 90 valence electrons. The Morgan fingerprint density at radius 3 is 2.94 bits per heavy atom. The smallest absolute Gasteiger partial charge is 0.0635 e. The fourth-order valence-electron chi connectivity index (χ4n) is 1.68. The van der Waals surface area contributed by atoms with Crippen LogP contribution in [0.3, 0.4) is 0 Å². The van der Waals surface area contributed by atoms with Crippen LogP contribution in [0.1, 0.15) is 39.8 Å². The number of nitrogens with one attached hydrogen (secondary N) is 1. The third-order valence-corrected chi connectivity index (χ3v) is 2.57. The van der Waals surface area contributed by atoms with Gasteiger partial charge < -0.3 is 5.32 Å². The molecule has 0 aliphatic carbocycles. The van der Waals surface area contributed by atoms with Crippen molar-refractivity contribution < 1.29 is 0 Å². The van der Waals surface area contributed by atoms with Crippen molar-refractivity contribution in [2.45, 2.75) is 46.7 Å². The minimum absolute atomic E-state index is 0.565. The quantitative estimate of drug-likeness (QED) is 0.748. The van der Waals surface area contributed by atoms with Crippen LogP contribution in [0.4, 0.5) is 0 Å². The molecule has 0 unspecified atom stereocenters. The summed E-state index contributed by atoms with van der Waals surface area (Å²) in [5.41, 5.74) is 2.54. The lowest BCUT2D eigenvalue weighted by molar-refractivity contribution is 0.594. The topological polar surface area (TPSA) is 29.9 Å². The summed E-state index contributed by atoms with van der Waals surface area (Å²) in [5.74, 6) is 0. The average molecular weight is 221 g/mol. The van der Waals surface area contributed by atoms with Gasteiger partial charge in [0.25, 0.3) is 0 Å². The van der Waals surface area contributed by atoms with Gasteiger partial charge in [-0.25, -0.2) is 0 Å². The van der Waals surface area contributed by atoms with Crippen LogP contribution in [0, 0.1) is 0 Å². The minimum Gasteiger partial charge on any atom is -0.314 e. The molecule has 0 saturated carbocycles. The second-order valence-electron chi connectivity index (χ2n) is 4.32. The zero-order chi connectivity index (χ0) is 12.0. The number of nitrogens with zero attached hydrogens (tertiary/aromatic N) is 2. The van der Waals surface area contributed by atoms with E-state index in [9.17, 15) is 0 Å². The molecule has 3 nitrogen and oxygen atoms in total. The maximum absolute atomic E-state index is 4.27. The first-order valence-corrected chi connectivity index (χ1v) is 6.07. The number of hydrogen-bond acceptors (Lipinski definition) is 2. The van der Waals surface area contributed by atoms with Gasteiger partial charge in [-0.2, -0.15) is 5.10 Å². The summed E-state index contributed by atoms with van der Waals surface area (Å²) in [4.78, 5) is 0. The fourth-order valence-corrected chi connectivity index (χ4v) is 1.68. The van der Waals surface area contributed by atoms with E-state index in [4.69, 9.17) is 0 Å². The highest BCUT2D eigenvalue weighted by atomic mass is 15.3. The van der Waals surface area contributed by atoms with E-state index >= 15 is 0 Å². The Balaban J connectivity index is 2.50. The Morgan fingerprint density at radius 1 is 1.56 bits per heavy atom. The Labute approximate surface area is 98.5 Å². The molecule has 0 amide bonds. The second-order valence-corrected chi connectivity index (χ2v) is 4.32. The molecular weight excluding hydrogens is 198 g/mol. The summed E-state index contributed by atoms with van der Waals surface area (Å²) in [6.45, 7) is 10.6. The highest BCUT2D eigenvalue weighted by molar-refractivity contribution is 5.60. The van der Waals surface area contributed by atoms with E-state index in [1.807, 2.05) is 10.9 Å². The molecule has 0 atom stereocenters. The van der Waals surface area contributed by atoms with Crippen LogP contribution >= 0.6 is 0 Å². The number of aryl methyl sites for hydroxylation is 1. The van der Waals surface area contributed by atoms with Gasteiger partial charge in [0.1, 0.15) is 0 Å². The first-order chi connectivity index (χ1) is 7.65. The normalized spacial score (nSPS) is 12.4. The molecule has 0 fully saturated rings. The van der Waals surface area contributed by atoms with Crippen LogP contribution in [0.2, 0.25) is 0 Å². The largest absolute Gasteiger partial charge is 0.314 e. The number of aromatic nitrogens is 2. The van der Waals surface area contributed by atoms with E-state index in [-0.39, 0.29) is 0 Å². The molecule has 0 spiro atoms. The zero-order valence-corrected chi connectivity index (χ0v) is 10.8. The van der Waals surface area contributed by atoms with Crippen molar-refractivity contribution in [1.29, 1.82) is 0 Å². The molecule has 0 aliphatic heterocycles. The molecule has 0 aromatic carbocycles. The predicted octanol–water partition coefficient (Wildman–Crippen LogP) is 2.69. The Hall–Kier alpha value is -1.09. The SMILES string of the molecule is CCn1nccc1C(C)=CCCNC(C)C. The molecule has 0 bridgehead atoms. The van der Waals surface area contributed by atoms with Gasteiger partial charge in [0.05, 0.1) is 5.69 Å². The number of allylic oxidation sites excluding steroid dienone is 1. The van der Waals surface area contributed by atoms with Gasteiger partial charge in [0, 0.05) is 18.8 Å². The highest BCUT2D eigenvalue weighted by Gasteiger charge is 2.01. The van der Waals surface area contributed by atoms with Gasteiger partial charge in [-0.3, -0.25) is 4.68 Å². The third-order valence-electron chi connectivity index (χ3n) is 2.57. The zero-order valence-electron chi connectivity index (χ0n) is 10.8. The lowest BCUT2D eigenvalue weighted by Crippen LogP contribution is -2.23. The van der Waals surface area contributed by atoms with Crippen molar-refractivity contribution in [3.63, 3.8) is 0 Å². The van der Waals surface area contributed by atoms with Crippen molar-refractivity contribution in [1.82, 2.24) is 15.1 Å². The molecule has 0 saturated heterocycles. The molecule has 0 aliphatic rings. The maximum Gasteiger partial charge on any atom is 0.0635 e. The molecule has 1 N–H and O–H groups in total. The summed E-state index contributed by atoms with van der Waals surface area (Å²) in [5, 5.41) is 7.68. The molecule has 1 aromatic heterocycles. The van der Waals surface area contributed by atoms with E-state index in [0.717, 1.165) is 19.5 Å². The lowest BCUT2D eigenvalue weighted by atomic mass is 10.2. The van der Waals surface area contributed by atoms with Gasteiger partial charge in [-0.1, -0.05) is 19.9 Å². The molecule has 1 aromatic rings. The summed E-state index contributed by atoms with van der Waals surface area (Å²) < 4.78 is 2.03. The predicted molar refractivity (Wildman–Crippen MR) is 69.3 cm³/mol. The van der Waals surface area contributed by atoms with Crippen LogP contribution in [0.5, 0.6) is 0 Å². The van der Waals surface area contributed by atoms with Crippen LogP contribution in [0.25, 0.3) is 5.57 Å². The van der Waals surface area contributed by atoms with Crippen LogP contribution in [0.15, 0.2) is 18.3 Å². The highest BCUT2D eigenvalue weighted by Crippen LogP contribution is 2.13. The molecule has 16 heavy (non-hydrogen) atoms. The standard InChI is InChI=1S/C13H23N3/c1-5-16-13(8-10-15-16)12(4)7-6-9-14-11(2)3/h7-8,10-11,14H,5-6,9H2,1-4H3. The van der Waals surface area contributed by atoms with Crippen molar-refractivity contribution in [3.05, 3.63) is 24.0 Å². The van der Waals surface area contributed by atoms with E-state index in [1.54, 1.807) is 0 Å². The summed E-state index contributed by atoms with van der Waals surface area (Å²) in [7, 11) is 0. The monoisotopic (exact) mass is 221 g/mol. The number of rotatable bonds is 6. The Kier molecular flexibility index (Phi) is 5.26. The van der Waals surface area contributed by atoms with Crippen LogP contribution in [-0.4, -0.2) is 22.4 Å². The summed E-state index contributed by atoms with van der Waals surface area (Å²) in [6.07, 6.45) is 5.21. The minimum atomic E-state index is 0.565. The first-order valence-electron chi connectivity index (χ1n) is 6.07. The van der Waals surface area contributed by atoms with E-state index in [1.165, 1.54) is 11.3 Å². The fraction of sp³-hybridized carbons (Fsp3) is 0.615. The summed E-state index contributed by atoms with van der Waals surface area (Å²) >= 11 is 0. The van der Waals surface area contributed by atoms with Crippen LogP contribution < -0.4 is 5.32 Å². The van der Waals surface area contributed by atoms with Gasteiger partial charge in [-0.15, -0.1) is 0 Å². The van der Waals surface area contributed by atoms with Crippen molar-refractivity contribution in [2.75, 3.05) is 6.54 Å². The molecule has 0 radical (unpaired) electrons. The molecular formula is C13H23N3. The molecule has 3 heteroatoms. The second kappa shape index (κ2) is 6.48. The van der Waals surface area contributed by atoms with E-state index in [2.05, 4.69) is 50.3 Å².